The first-order chi connectivity index (χ1) is 13.4. The van der Waals surface area contributed by atoms with Crippen molar-refractivity contribution < 1.29 is 8.42 Å². The third-order valence-corrected chi connectivity index (χ3v) is 7.05. The van der Waals surface area contributed by atoms with Crippen molar-refractivity contribution in [3.8, 4) is 5.69 Å². The molecule has 0 fully saturated rings. The quantitative estimate of drug-likeness (QED) is 0.665. The summed E-state index contributed by atoms with van der Waals surface area (Å²) in [6, 6.07) is 15.9. The van der Waals surface area contributed by atoms with E-state index < -0.39 is 10.0 Å². The van der Waals surface area contributed by atoms with Crippen LogP contribution in [0, 0.1) is 0 Å². The van der Waals surface area contributed by atoms with Gasteiger partial charge in [0.05, 0.1) is 10.6 Å². The highest BCUT2D eigenvalue weighted by atomic mass is 32.2. The molecular formula is C21H24N4O2S. The summed E-state index contributed by atoms with van der Waals surface area (Å²) >= 11 is 0. The summed E-state index contributed by atoms with van der Waals surface area (Å²) in [5.41, 5.74) is 4.31. The standard InChI is InChI=1S/C21H24N4O2S/c1-23(2)28(26,27)21-9-4-7-18-16-24(13-10-20(18)21)15-17-6-3-8-19(14-17)25-12-5-11-22-25/h3-9,11-12,14H,10,13,15-16H2,1-2H3. The van der Waals surface area contributed by atoms with Gasteiger partial charge in [-0.3, -0.25) is 4.90 Å². The summed E-state index contributed by atoms with van der Waals surface area (Å²) < 4.78 is 28.4. The van der Waals surface area contributed by atoms with Crippen LogP contribution in [0.5, 0.6) is 0 Å². The summed E-state index contributed by atoms with van der Waals surface area (Å²) in [7, 11) is -0.261. The Morgan fingerprint density at radius 1 is 1.11 bits per heavy atom. The number of nitrogens with zero attached hydrogens (tertiary/aromatic N) is 4. The van der Waals surface area contributed by atoms with Gasteiger partial charge in [0.1, 0.15) is 0 Å². The van der Waals surface area contributed by atoms with Crippen LogP contribution in [0.1, 0.15) is 16.7 Å². The molecule has 0 bridgehead atoms. The molecule has 0 unspecified atom stereocenters. The highest BCUT2D eigenvalue weighted by Gasteiger charge is 2.26. The molecule has 2 heterocycles. The van der Waals surface area contributed by atoms with Crippen LogP contribution in [0.2, 0.25) is 0 Å². The van der Waals surface area contributed by atoms with E-state index in [1.54, 1.807) is 26.4 Å². The highest BCUT2D eigenvalue weighted by molar-refractivity contribution is 7.89. The van der Waals surface area contributed by atoms with Crippen LogP contribution in [-0.2, 0) is 29.5 Å². The van der Waals surface area contributed by atoms with Crippen molar-refractivity contribution in [3.63, 3.8) is 0 Å². The van der Waals surface area contributed by atoms with Gasteiger partial charge < -0.3 is 0 Å². The van der Waals surface area contributed by atoms with Crippen molar-refractivity contribution >= 4 is 10.0 Å². The van der Waals surface area contributed by atoms with Crippen LogP contribution >= 0.6 is 0 Å². The van der Waals surface area contributed by atoms with E-state index in [4.69, 9.17) is 0 Å². The van der Waals surface area contributed by atoms with Crippen LogP contribution in [-0.4, -0.2) is 48.0 Å². The van der Waals surface area contributed by atoms with E-state index >= 15 is 0 Å². The molecule has 7 heteroatoms. The van der Waals surface area contributed by atoms with Crippen molar-refractivity contribution in [1.29, 1.82) is 0 Å². The number of fused-ring (bicyclic) bond motifs is 1. The lowest BCUT2D eigenvalue weighted by Gasteiger charge is -2.30. The van der Waals surface area contributed by atoms with E-state index in [9.17, 15) is 8.42 Å². The molecule has 0 N–H and O–H groups in total. The average Bonchev–Trinajstić information content (AvgIpc) is 3.22. The van der Waals surface area contributed by atoms with Crippen LogP contribution in [0.15, 0.2) is 65.8 Å². The monoisotopic (exact) mass is 396 g/mol. The minimum absolute atomic E-state index is 0.440. The van der Waals surface area contributed by atoms with Crippen LogP contribution in [0.25, 0.3) is 5.69 Å². The van der Waals surface area contributed by atoms with E-state index in [1.807, 2.05) is 41.2 Å². The zero-order valence-electron chi connectivity index (χ0n) is 16.1. The number of hydrogen-bond donors (Lipinski definition) is 0. The molecule has 0 amide bonds. The Balaban J connectivity index is 1.55. The van der Waals surface area contributed by atoms with Gasteiger partial charge in [0.15, 0.2) is 0 Å². The number of benzene rings is 2. The summed E-state index contributed by atoms with van der Waals surface area (Å²) in [5, 5.41) is 4.29. The predicted molar refractivity (Wildman–Crippen MR) is 109 cm³/mol. The Hall–Kier alpha value is -2.48. The summed E-state index contributed by atoms with van der Waals surface area (Å²) in [6.07, 6.45) is 4.44. The summed E-state index contributed by atoms with van der Waals surface area (Å²) in [6.45, 7) is 2.40. The maximum Gasteiger partial charge on any atom is 0.242 e. The van der Waals surface area contributed by atoms with E-state index in [1.165, 1.54) is 9.87 Å². The average molecular weight is 397 g/mol. The van der Waals surface area contributed by atoms with Crippen molar-refractivity contribution in [3.05, 3.63) is 77.6 Å². The van der Waals surface area contributed by atoms with E-state index in [2.05, 4.69) is 22.1 Å². The second-order valence-electron chi connectivity index (χ2n) is 7.26. The Kier molecular flexibility index (Phi) is 5.05. The Bertz CT molecular complexity index is 1080. The lowest BCUT2D eigenvalue weighted by molar-refractivity contribution is 0.244. The fraction of sp³-hybridized carbons (Fsp3) is 0.286. The predicted octanol–water partition coefficient (Wildman–Crippen LogP) is 2.68. The molecule has 0 radical (unpaired) electrons. The number of hydrogen-bond acceptors (Lipinski definition) is 4. The van der Waals surface area contributed by atoms with Gasteiger partial charge in [-0.1, -0.05) is 24.3 Å². The Morgan fingerprint density at radius 3 is 2.68 bits per heavy atom. The van der Waals surface area contributed by atoms with Crippen molar-refractivity contribution in [2.75, 3.05) is 20.6 Å². The maximum atomic E-state index is 12.6. The molecule has 0 saturated carbocycles. The molecule has 1 aliphatic heterocycles. The zero-order valence-corrected chi connectivity index (χ0v) is 16.9. The molecule has 0 spiro atoms. The second kappa shape index (κ2) is 7.50. The number of sulfonamides is 1. The molecule has 6 nitrogen and oxygen atoms in total. The topological polar surface area (TPSA) is 58.4 Å². The van der Waals surface area contributed by atoms with Gasteiger partial charge in [0, 0.05) is 46.1 Å². The molecule has 4 rings (SSSR count). The van der Waals surface area contributed by atoms with Gasteiger partial charge in [0.25, 0.3) is 0 Å². The van der Waals surface area contributed by atoms with Crippen LogP contribution in [0.4, 0.5) is 0 Å². The van der Waals surface area contributed by atoms with Gasteiger partial charge in [0.2, 0.25) is 10.0 Å². The first-order valence-electron chi connectivity index (χ1n) is 9.30. The molecule has 0 saturated heterocycles. The normalized spacial score (nSPS) is 15.0. The van der Waals surface area contributed by atoms with Gasteiger partial charge in [-0.25, -0.2) is 17.4 Å². The van der Waals surface area contributed by atoms with Gasteiger partial charge >= 0.3 is 0 Å². The van der Waals surface area contributed by atoms with Gasteiger partial charge in [-0.2, -0.15) is 5.10 Å². The van der Waals surface area contributed by atoms with E-state index in [0.29, 0.717) is 4.90 Å². The number of aromatic nitrogens is 2. The Morgan fingerprint density at radius 2 is 1.93 bits per heavy atom. The SMILES string of the molecule is CN(C)S(=O)(=O)c1cccc2c1CCN(Cc1cccc(-n3cccn3)c1)C2. The Labute approximate surface area is 166 Å². The third-order valence-electron chi connectivity index (χ3n) is 5.15. The fourth-order valence-corrected chi connectivity index (χ4v) is 4.87. The van der Waals surface area contributed by atoms with Crippen LogP contribution in [0.3, 0.4) is 0 Å². The molecule has 2 aromatic carbocycles. The zero-order chi connectivity index (χ0) is 19.7. The molecule has 146 valence electrons. The molecule has 28 heavy (non-hydrogen) atoms. The van der Waals surface area contributed by atoms with E-state index in [-0.39, 0.29) is 0 Å². The van der Waals surface area contributed by atoms with E-state index in [0.717, 1.165) is 42.9 Å². The molecular weight excluding hydrogens is 372 g/mol. The van der Waals surface area contributed by atoms with Crippen molar-refractivity contribution in [2.45, 2.75) is 24.4 Å². The molecule has 0 aliphatic carbocycles. The number of rotatable bonds is 5. The van der Waals surface area contributed by atoms with Gasteiger partial charge in [-0.05, 0) is 47.4 Å². The molecule has 1 aliphatic rings. The van der Waals surface area contributed by atoms with Crippen molar-refractivity contribution in [1.82, 2.24) is 19.0 Å². The largest absolute Gasteiger partial charge is 0.294 e. The third kappa shape index (κ3) is 3.61. The summed E-state index contributed by atoms with van der Waals surface area (Å²) in [5.74, 6) is 0. The minimum atomic E-state index is -3.42. The lowest BCUT2D eigenvalue weighted by Crippen LogP contribution is -2.32. The van der Waals surface area contributed by atoms with Gasteiger partial charge in [-0.15, -0.1) is 0 Å². The fourth-order valence-electron chi connectivity index (χ4n) is 3.68. The van der Waals surface area contributed by atoms with Crippen molar-refractivity contribution in [2.24, 2.45) is 0 Å². The molecule has 1 aromatic heterocycles. The lowest BCUT2D eigenvalue weighted by atomic mass is 9.99. The maximum absolute atomic E-state index is 12.6. The highest BCUT2D eigenvalue weighted by Crippen LogP contribution is 2.28. The molecule has 0 atom stereocenters. The molecule has 3 aromatic rings. The smallest absolute Gasteiger partial charge is 0.242 e. The summed E-state index contributed by atoms with van der Waals surface area (Å²) in [4.78, 5) is 2.80. The first kappa shape index (κ1) is 18.9. The first-order valence-corrected chi connectivity index (χ1v) is 10.7. The van der Waals surface area contributed by atoms with Crippen LogP contribution < -0.4 is 0 Å². The second-order valence-corrected chi connectivity index (χ2v) is 9.38. The minimum Gasteiger partial charge on any atom is -0.294 e.